The van der Waals surface area contributed by atoms with Crippen LogP contribution in [0.3, 0.4) is 0 Å². The highest BCUT2D eigenvalue weighted by Gasteiger charge is 2.25. The van der Waals surface area contributed by atoms with Crippen LogP contribution < -0.4 is 0 Å². The van der Waals surface area contributed by atoms with Crippen LogP contribution in [-0.4, -0.2) is 27.9 Å². The van der Waals surface area contributed by atoms with E-state index >= 15 is 0 Å². The third-order valence-electron chi connectivity index (χ3n) is 2.57. The second-order valence-corrected chi connectivity index (χ2v) is 4.25. The van der Waals surface area contributed by atoms with Gasteiger partial charge in [-0.1, -0.05) is 0 Å². The summed E-state index contributed by atoms with van der Waals surface area (Å²) in [6.07, 6.45) is 5.46. The zero-order valence-corrected chi connectivity index (χ0v) is 8.75. The Morgan fingerprint density at radius 3 is 3.09 bits per heavy atom. The Bertz CT molecular complexity index is 179. The van der Waals surface area contributed by atoms with Crippen molar-refractivity contribution in [3.63, 3.8) is 0 Å². The largest absolute Gasteiger partial charge is 0.349 e. The Morgan fingerprint density at radius 2 is 2.27 bits per heavy atom. The van der Waals surface area contributed by atoms with Crippen LogP contribution in [0.25, 0.3) is 0 Å². The minimum Gasteiger partial charge on any atom is -0.349 e. The first-order valence-corrected chi connectivity index (χ1v) is 5.42. The summed E-state index contributed by atoms with van der Waals surface area (Å²) in [5.74, 6) is 0. The van der Waals surface area contributed by atoms with E-state index in [1.807, 2.05) is 0 Å². The van der Waals surface area contributed by atoms with E-state index < -0.39 is 0 Å². The molecule has 3 heteroatoms. The summed E-state index contributed by atoms with van der Waals surface area (Å²) in [7, 11) is 0. The Balaban J connectivity index is 2.11. The first-order chi connectivity index (χ1) is 5.38. The van der Waals surface area contributed by atoms with Crippen LogP contribution in [0.5, 0.6) is 0 Å². The molecule has 0 N–H and O–H groups in total. The minimum absolute atomic E-state index is 0.827. The fourth-order valence-electron chi connectivity index (χ4n) is 1.94. The standard InChI is InChI=1S/C8H13IN2/c9-8-10-5-4-7-3-1-2-6-11(7)8/h7H,1-6H2. The predicted octanol–water partition coefficient (Wildman–Crippen LogP) is 2.04. The van der Waals surface area contributed by atoms with Crippen LogP contribution in [0.2, 0.25) is 0 Å². The average molecular weight is 264 g/mol. The van der Waals surface area contributed by atoms with Crippen molar-refractivity contribution in [2.45, 2.75) is 31.7 Å². The van der Waals surface area contributed by atoms with Gasteiger partial charge in [0.05, 0.1) is 0 Å². The summed E-state index contributed by atoms with van der Waals surface area (Å²) in [6.45, 7) is 2.30. The number of hydrogen-bond acceptors (Lipinski definition) is 2. The van der Waals surface area contributed by atoms with Crippen LogP contribution in [-0.2, 0) is 0 Å². The zero-order valence-electron chi connectivity index (χ0n) is 6.59. The van der Waals surface area contributed by atoms with Gasteiger partial charge < -0.3 is 4.90 Å². The highest BCUT2D eigenvalue weighted by Crippen LogP contribution is 2.24. The van der Waals surface area contributed by atoms with Gasteiger partial charge in [-0.2, -0.15) is 0 Å². The number of fused-ring (bicyclic) bond motifs is 1. The van der Waals surface area contributed by atoms with Gasteiger partial charge in [-0.15, -0.1) is 0 Å². The summed E-state index contributed by atoms with van der Waals surface area (Å²) in [6, 6.07) is 0.827. The van der Waals surface area contributed by atoms with Crippen molar-refractivity contribution in [3.05, 3.63) is 0 Å². The average Bonchev–Trinajstić information content (AvgIpc) is 2.06. The van der Waals surface area contributed by atoms with Crippen LogP contribution in [0.15, 0.2) is 4.99 Å². The first kappa shape index (κ1) is 7.83. The lowest BCUT2D eigenvalue weighted by Gasteiger charge is -2.38. The van der Waals surface area contributed by atoms with E-state index in [9.17, 15) is 0 Å². The molecule has 2 nitrogen and oxygen atoms in total. The molecule has 0 spiro atoms. The van der Waals surface area contributed by atoms with Crippen LogP contribution in [0, 0.1) is 0 Å². The Morgan fingerprint density at radius 1 is 1.36 bits per heavy atom. The van der Waals surface area contributed by atoms with Gasteiger partial charge in [0, 0.05) is 19.1 Å². The molecule has 0 aromatic heterocycles. The topological polar surface area (TPSA) is 15.6 Å². The van der Waals surface area contributed by atoms with Crippen molar-refractivity contribution in [2.75, 3.05) is 13.1 Å². The van der Waals surface area contributed by atoms with Crippen molar-refractivity contribution < 1.29 is 0 Å². The minimum atomic E-state index is 0.827. The highest BCUT2D eigenvalue weighted by molar-refractivity contribution is 14.1. The third-order valence-corrected chi connectivity index (χ3v) is 3.53. The smallest absolute Gasteiger partial charge is 0.162 e. The zero-order chi connectivity index (χ0) is 7.68. The summed E-state index contributed by atoms with van der Waals surface area (Å²) >= 11 is 2.37. The van der Waals surface area contributed by atoms with E-state index in [1.54, 1.807) is 0 Å². The Hall–Kier alpha value is 0.200. The van der Waals surface area contributed by atoms with Crippen LogP contribution in [0.1, 0.15) is 25.7 Å². The summed E-state index contributed by atoms with van der Waals surface area (Å²) in [5.41, 5.74) is 0. The number of nitrogens with zero attached hydrogens (tertiary/aromatic N) is 2. The highest BCUT2D eigenvalue weighted by atomic mass is 127. The van der Waals surface area contributed by atoms with Gasteiger partial charge >= 0.3 is 0 Å². The number of halogens is 1. The number of piperidine rings is 1. The normalized spacial score (nSPS) is 31.2. The predicted molar refractivity (Wildman–Crippen MR) is 55.3 cm³/mol. The van der Waals surface area contributed by atoms with Crippen molar-refractivity contribution in [2.24, 2.45) is 4.99 Å². The number of aliphatic imine (C=N–C) groups is 1. The molecule has 0 aromatic rings. The van der Waals surface area contributed by atoms with E-state index in [0.717, 1.165) is 12.6 Å². The molecule has 0 saturated carbocycles. The van der Waals surface area contributed by atoms with Gasteiger partial charge in [0.2, 0.25) is 0 Å². The maximum atomic E-state index is 4.44. The molecule has 0 aromatic carbocycles. The lowest BCUT2D eigenvalue weighted by atomic mass is 9.99. The summed E-state index contributed by atoms with van der Waals surface area (Å²) in [5, 5.41) is 0. The fraction of sp³-hybridized carbons (Fsp3) is 0.875. The van der Waals surface area contributed by atoms with Gasteiger partial charge in [-0.3, -0.25) is 4.99 Å². The summed E-state index contributed by atoms with van der Waals surface area (Å²) in [4.78, 5) is 6.92. The molecule has 1 atom stereocenters. The first-order valence-electron chi connectivity index (χ1n) is 4.34. The molecule has 1 fully saturated rings. The van der Waals surface area contributed by atoms with Gasteiger partial charge in [-0.05, 0) is 48.3 Å². The van der Waals surface area contributed by atoms with Gasteiger partial charge in [-0.25, -0.2) is 0 Å². The second kappa shape index (κ2) is 3.29. The summed E-state index contributed by atoms with van der Waals surface area (Å²) < 4.78 is 1.25. The molecule has 0 aliphatic carbocycles. The number of rotatable bonds is 0. The molecule has 2 heterocycles. The van der Waals surface area contributed by atoms with E-state index in [1.165, 1.54) is 36.1 Å². The molecule has 1 saturated heterocycles. The van der Waals surface area contributed by atoms with Gasteiger partial charge in [0.25, 0.3) is 0 Å². The maximum Gasteiger partial charge on any atom is 0.162 e. The van der Waals surface area contributed by atoms with Crippen LogP contribution in [0.4, 0.5) is 0 Å². The van der Waals surface area contributed by atoms with E-state index in [2.05, 4.69) is 32.5 Å². The van der Waals surface area contributed by atoms with Gasteiger partial charge in [0.15, 0.2) is 3.84 Å². The molecule has 2 rings (SSSR count). The van der Waals surface area contributed by atoms with Crippen molar-refractivity contribution in [1.82, 2.24) is 4.90 Å². The molecule has 2 aliphatic heterocycles. The monoisotopic (exact) mass is 264 g/mol. The molecular weight excluding hydrogens is 251 g/mol. The molecule has 11 heavy (non-hydrogen) atoms. The van der Waals surface area contributed by atoms with Crippen molar-refractivity contribution in [3.8, 4) is 0 Å². The third kappa shape index (κ3) is 1.53. The van der Waals surface area contributed by atoms with Crippen LogP contribution >= 0.6 is 22.6 Å². The fourth-order valence-corrected chi connectivity index (χ4v) is 2.82. The van der Waals surface area contributed by atoms with Gasteiger partial charge in [0.1, 0.15) is 0 Å². The lowest BCUT2D eigenvalue weighted by Crippen LogP contribution is -2.44. The van der Waals surface area contributed by atoms with Crippen molar-refractivity contribution >= 4 is 26.4 Å². The lowest BCUT2D eigenvalue weighted by molar-refractivity contribution is 0.227. The second-order valence-electron chi connectivity index (χ2n) is 3.28. The van der Waals surface area contributed by atoms with E-state index in [-0.39, 0.29) is 0 Å². The maximum absolute atomic E-state index is 4.44. The molecule has 2 aliphatic rings. The molecule has 0 radical (unpaired) electrons. The molecule has 62 valence electrons. The molecular formula is C8H13IN2. The quantitative estimate of drug-likeness (QED) is 0.483. The molecule has 0 bridgehead atoms. The van der Waals surface area contributed by atoms with E-state index in [4.69, 9.17) is 0 Å². The number of hydrogen-bond donors (Lipinski definition) is 0. The SMILES string of the molecule is IC1=NCCC2CCCCN12. The van der Waals surface area contributed by atoms with Crippen molar-refractivity contribution in [1.29, 1.82) is 0 Å². The van der Waals surface area contributed by atoms with E-state index in [0.29, 0.717) is 0 Å². The Labute approximate surface area is 81.2 Å². The number of amidine groups is 1. The Kier molecular flexibility index (Phi) is 2.34. The molecule has 1 unspecified atom stereocenters. The molecule has 0 amide bonds.